The van der Waals surface area contributed by atoms with Crippen molar-refractivity contribution in [1.29, 1.82) is 0 Å². The Kier molecular flexibility index (Phi) is 2.34. The number of hydrogen-bond donors (Lipinski definition) is 2. The minimum atomic E-state index is -1.82. The summed E-state index contributed by atoms with van der Waals surface area (Å²) in [6.45, 7) is 0. The van der Waals surface area contributed by atoms with Crippen LogP contribution in [-0.2, 0) is 0 Å². The van der Waals surface area contributed by atoms with Gasteiger partial charge in [0.15, 0.2) is 0 Å². The summed E-state index contributed by atoms with van der Waals surface area (Å²) >= 11 is 0. The molecule has 1 aromatic carbocycles. The number of hydrogen-bond acceptors (Lipinski definition) is 4. The Morgan fingerprint density at radius 2 is 1.93 bits per heavy atom. The molecule has 0 aliphatic heterocycles. The molecule has 0 spiro atoms. The van der Waals surface area contributed by atoms with E-state index in [4.69, 9.17) is 14.7 Å². The SMILES string of the molecule is OB(O)Oc1cncc2ccccc12. The smallest absolute Gasteiger partial charge is 0.510 e. The number of aromatic nitrogens is 1. The molecular weight excluding hydrogens is 181 g/mol. The number of fused-ring (bicyclic) bond motifs is 1. The van der Waals surface area contributed by atoms with E-state index in [1.807, 2.05) is 24.3 Å². The van der Waals surface area contributed by atoms with E-state index in [1.165, 1.54) is 6.20 Å². The van der Waals surface area contributed by atoms with E-state index in [0.717, 1.165) is 10.8 Å². The van der Waals surface area contributed by atoms with Gasteiger partial charge in [0.05, 0.1) is 6.20 Å². The fraction of sp³-hybridized carbons (Fsp3) is 0. The van der Waals surface area contributed by atoms with Crippen LogP contribution in [0.3, 0.4) is 0 Å². The molecule has 0 atom stereocenters. The third-order valence-corrected chi connectivity index (χ3v) is 1.86. The lowest BCUT2D eigenvalue weighted by Crippen LogP contribution is -2.20. The van der Waals surface area contributed by atoms with E-state index in [1.54, 1.807) is 6.20 Å². The Hall–Kier alpha value is -1.59. The fourth-order valence-electron chi connectivity index (χ4n) is 1.30. The molecule has 0 aliphatic rings. The topological polar surface area (TPSA) is 62.6 Å². The highest BCUT2D eigenvalue weighted by Crippen LogP contribution is 2.23. The Morgan fingerprint density at radius 3 is 2.71 bits per heavy atom. The largest absolute Gasteiger partial charge is 0.707 e. The predicted molar refractivity (Wildman–Crippen MR) is 52.6 cm³/mol. The Morgan fingerprint density at radius 1 is 1.14 bits per heavy atom. The molecule has 0 saturated heterocycles. The minimum absolute atomic E-state index is 0.359. The maximum Gasteiger partial charge on any atom is 0.707 e. The number of nitrogens with zero attached hydrogens (tertiary/aromatic N) is 1. The molecule has 70 valence electrons. The molecule has 4 nitrogen and oxygen atoms in total. The Labute approximate surface area is 81.0 Å². The van der Waals surface area contributed by atoms with Crippen molar-refractivity contribution in [3.05, 3.63) is 36.7 Å². The normalized spacial score (nSPS) is 10.1. The quantitative estimate of drug-likeness (QED) is 0.678. The molecule has 0 aliphatic carbocycles. The molecule has 5 heteroatoms. The van der Waals surface area contributed by atoms with Crippen molar-refractivity contribution in [3.8, 4) is 5.75 Å². The average Bonchev–Trinajstić information content (AvgIpc) is 2.18. The first-order valence-corrected chi connectivity index (χ1v) is 4.13. The van der Waals surface area contributed by atoms with Crippen LogP contribution < -0.4 is 4.65 Å². The van der Waals surface area contributed by atoms with Gasteiger partial charge in [0.25, 0.3) is 0 Å². The van der Waals surface area contributed by atoms with Crippen LogP contribution >= 0.6 is 0 Å². The molecule has 2 N–H and O–H groups in total. The lowest BCUT2D eigenvalue weighted by Gasteiger charge is -2.06. The van der Waals surface area contributed by atoms with Gasteiger partial charge >= 0.3 is 7.32 Å². The van der Waals surface area contributed by atoms with Crippen molar-refractivity contribution in [2.75, 3.05) is 0 Å². The van der Waals surface area contributed by atoms with Gasteiger partial charge in [0.2, 0.25) is 0 Å². The van der Waals surface area contributed by atoms with Crippen molar-refractivity contribution in [2.45, 2.75) is 0 Å². The molecule has 0 fully saturated rings. The van der Waals surface area contributed by atoms with Gasteiger partial charge in [-0.15, -0.1) is 0 Å². The van der Waals surface area contributed by atoms with Gasteiger partial charge in [-0.3, -0.25) is 4.98 Å². The Balaban J connectivity index is 2.53. The molecule has 0 radical (unpaired) electrons. The second-order valence-electron chi connectivity index (χ2n) is 2.80. The van der Waals surface area contributed by atoms with Crippen molar-refractivity contribution in [2.24, 2.45) is 0 Å². The zero-order chi connectivity index (χ0) is 9.97. The van der Waals surface area contributed by atoms with Crippen LogP contribution in [0, 0.1) is 0 Å². The van der Waals surface area contributed by atoms with Crippen molar-refractivity contribution < 1.29 is 14.7 Å². The lowest BCUT2D eigenvalue weighted by molar-refractivity contribution is 0.289. The number of pyridine rings is 1. The summed E-state index contributed by atoms with van der Waals surface area (Å²) in [5.41, 5.74) is 0. The van der Waals surface area contributed by atoms with Crippen molar-refractivity contribution in [3.63, 3.8) is 0 Å². The summed E-state index contributed by atoms with van der Waals surface area (Å²) < 4.78 is 4.78. The monoisotopic (exact) mass is 189 g/mol. The molecule has 0 saturated carbocycles. The predicted octanol–water partition coefficient (Wildman–Crippen LogP) is 0.583. The van der Waals surface area contributed by atoms with Gasteiger partial charge in [0.1, 0.15) is 5.75 Å². The molecule has 2 rings (SSSR count). The third-order valence-electron chi connectivity index (χ3n) is 1.86. The lowest BCUT2D eigenvalue weighted by atomic mass is 10.1. The zero-order valence-corrected chi connectivity index (χ0v) is 7.29. The van der Waals surface area contributed by atoms with Crippen LogP contribution in [0.5, 0.6) is 5.75 Å². The van der Waals surface area contributed by atoms with Crippen molar-refractivity contribution in [1.82, 2.24) is 4.98 Å². The van der Waals surface area contributed by atoms with E-state index >= 15 is 0 Å². The van der Waals surface area contributed by atoms with Crippen LogP contribution in [0.4, 0.5) is 0 Å². The van der Waals surface area contributed by atoms with Gasteiger partial charge in [-0.05, 0) is 0 Å². The third kappa shape index (κ3) is 1.68. The molecular formula is C9H8BNO3. The fourth-order valence-corrected chi connectivity index (χ4v) is 1.30. The second kappa shape index (κ2) is 3.65. The Bertz CT molecular complexity index is 442. The maximum absolute atomic E-state index is 8.67. The van der Waals surface area contributed by atoms with Gasteiger partial charge in [-0.25, -0.2) is 0 Å². The van der Waals surface area contributed by atoms with Gasteiger partial charge in [0, 0.05) is 17.0 Å². The van der Waals surface area contributed by atoms with E-state index in [9.17, 15) is 0 Å². The molecule has 2 aromatic rings. The first-order valence-electron chi connectivity index (χ1n) is 4.13. The summed E-state index contributed by atoms with van der Waals surface area (Å²) in [6, 6.07) is 7.43. The van der Waals surface area contributed by atoms with Crippen LogP contribution in [0.15, 0.2) is 36.7 Å². The summed E-state index contributed by atoms with van der Waals surface area (Å²) in [6.07, 6.45) is 3.13. The second-order valence-corrected chi connectivity index (χ2v) is 2.80. The molecule has 1 heterocycles. The molecule has 1 aromatic heterocycles. The maximum atomic E-state index is 8.67. The highest BCUT2D eigenvalue weighted by atomic mass is 16.6. The van der Waals surface area contributed by atoms with Crippen LogP contribution in [0.2, 0.25) is 0 Å². The van der Waals surface area contributed by atoms with Crippen LogP contribution in [-0.4, -0.2) is 22.4 Å². The van der Waals surface area contributed by atoms with Crippen LogP contribution in [0.1, 0.15) is 0 Å². The van der Waals surface area contributed by atoms with E-state index in [-0.39, 0.29) is 0 Å². The van der Waals surface area contributed by atoms with E-state index < -0.39 is 7.32 Å². The number of benzene rings is 1. The molecule has 0 unspecified atom stereocenters. The summed E-state index contributed by atoms with van der Waals surface area (Å²) in [4.78, 5) is 3.92. The van der Waals surface area contributed by atoms with Crippen LogP contribution in [0.25, 0.3) is 10.8 Å². The summed E-state index contributed by atoms with van der Waals surface area (Å²) in [5, 5.41) is 19.0. The van der Waals surface area contributed by atoms with Gasteiger partial charge < -0.3 is 14.7 Å². The van der Waals surface area contributed by atoms with E-state index in [2.05, 4.69) is 4.98 Å². The highest BCUT2D eigenvalue weighted by molar-refractivity contribution is 6.34. The van der Waals surface area contributed by atoms with E-state index in [0.29, 0.717) is 5.75 Å². The average molecular weight is 189 g/mol. The first-order chi connectivity index (χ1) is 6.77. The molecule has 0 amide bonds. The minimum Gasteiger partial charge on any atom is -0.510 e. The highest BCUT2D eigenvalue weighted by Gasteiger charge is 2.13. The molecule has 14 heavy (non-hydrogen) atoms. The summed E-state index contributed by atoms with van der Waals surface area (Å²) in [7, 11) is -1.82. The van der Waals surface area contributed by atoms with Crippen molar-refractivity contribution >= 4 is 18.1 Å². The molecule has 0 bridgehead atoms. The number of rotatable bonds is 2. The van der Waals surface area contributed by atoms with Gasteiger partial charge in [-0.1, -0.05) is 24.3 Å². The standard InChI is InChI=1S/C9H8BNO3/c12-10(13)14-9-6-11-5-7-3-1-2-4-8(7)9/h1-6,12-13H. The summed E-state index contributed by atoms with van der Waals surface area (Å²) in [5.74, 6) is 0.359. The van der Waals surface area contributed by atoms with Gasteiger partial charge in [-0.2, -0.15) is 0 Å². The first kappa shape index (κ1) is 8.99. The zero-order valence-electron chi connectivity index (χ0n) is 7.29.